The molecule has 5 heteroatoms. The van der Waals surface area contributed by atoms with Crippen LogP contribution in [0.25, 0.3) is 0 Å². The Labute approximate surface area is 106 Å². The Hall–Kier alpha value is -1.46. The van der Waals surface area contributed by atoms with E-state index in [9.17, 15) is 14.3 Å². The monoisotopic (exact) mass is 254 g/mol. The minimum absolute atomic E-state index is 0.154. The lowest BCUT2D eigenvalue weighted by Crippen LogP contribution is -2.36. The van der Waals surface area contributed by atoms with Crippen molar-refractivity contribution in [3.63, 3.8) is 0 Å². The number of benzene rings is 1. The predicted octanol–water partition coefficient (Wildman–Crippen LogP) is 1.13. The van der Waals surface area contributed by atoms with E-state index in [-0.39, 0.29) is 5.56 Å². The van der Waals surface area contributed by atoms with Gasteiger partial charge >= 0.3 is 0 Å². The topological polar surface area (TPSA) is 66.6 Å². The molecule has 4 nitrogen and oxygen atoms in total. The predicted molar refractivity (Wildman–Crippen MR) is 67.5 cm³/mol. The van der Waals surface area contributed by atoms with E-state index in [1.54, 1.807) is 20.9 Å². The van der Waals surface area contributed by atoms with Crippen LogP contribution >= 0.6 is 0 Å². The standard InChI is InChI=1S/C13H19FN2O2/c1-13(2,18)8-16(3)7-10-5-4-9(12(15)17)6-11(10)14/h4-6,18H,7-8H2,1-3H3,(H2,15,17). The van der Waals surface area contributed by atoms with Gasteiger partial charge in [0.2, 0.25) is 5.91 Å². The summed E-state index contributed by atoms with van der Waals surface area (Å²) in [5, 5.41) is 9.66. The van der Waals surface area contributed by atoms with E-state index >= 15 is 0 Å². The summed E-state index contributed by atoms with van der Waals surface area (Å²) in [5.74, 6) is -1.11. The zero-order valence-corrected chi connectivity index (χ0v) is 10.9. The molecule has 0 aliphatic heterocycles. The fourth-order valence-electron chi connectivity index (χ4n) is 1.84. The van der Waals surface area contributed by atoms with Gasteiger partial charge in [-0.25, -0.2) is 4.39 Å². The van der Waals surface area contributed by atoms with E-state index < -0.39 is 17.3 Å². The first kappa shape index (κ1) is 14.6. The van der Waals surface area contributed by atoms with Crippen LogP contribution < -0.4 is 5.73 Å². The molecule has 0 spiro atoms. The highest BCUT2D eigenvalue weighted by Gasteiger charge is 2.17. The SMILES string of the molecule is CN(Cc1ccc(C(N)=O)cc1F)CC(C)(C)O. The van der Waals surface area contributed by atoms with Crippen LogP contribution in [0.5, 0.6) is 0 Å². The van der Waals surface area contributed by atoms with Crippen molar-refractivity contribution in [1.29, 1.82) is 0 Å². The number of nitrogens with zero attached hydrogens (tertiary/aromatic N) is 1. The molecule has 18 heavy (non-hydrogen) atoms. The summed E-state index contributed by atoms with van der Waals surface area (Å²) in [6.07, 6.45) is 0. The number of aliphatic hydroxyl groups is 1. The maximum absolute atomic E-state index is 13.7. The largest absolute Gasteiger partial charge is 0.389 e. The smallest absolute Gasteiger partial charge is 0.248 e. The van der Waals surface area contributed by atoms with Crippen LogP contribution in [-0.4, -0.2) is 35.1 Å². The van der Waals surface area contributed by atoms with Crippen molar-refractivity contribution in [2.24, 2.45) is 5.73 Å². The van der Waals surface area contributed by atoms with Crippen molar-refractivity contribution in [1.82, 2.24) is 4.90 Å². The molecule has 0 atom stereocenters. The first-order chi connectivity index (χ1) is 8.19. The lowest BCUT2D eigenvalue weighted by Gasteiger charge is -2.25. The number of likely N-dealkylation sites (N-methyl/N-ethyl adjacent to an activating group) is 1. The quantitative estimate of drug-likeness (QED) is 0.827. The fraction of sp³-hybridized carbons (Fsp3) is 0.462. The van der Waals surface area contributed by atoms with Crippen molar-refractivity contribution in [3.8, 4) is 0 Å². The van der Waals surface area contributed by atoms with Gasteiger partial charge < -0.3 is 10.8 Å². The molecule has 0 aliphatic rings. The average Bonchev–Trinajstić information content (AvgIpc) is 2.17. The molecule has 0 aromatic heterocycles. The summed E-state index contributed by atoms with van der Waals surface area (Å²) in [4.78, 5) is 12.7. The van der Waals surface area contributed by atoms with Gasteiger partial charge in [-0.2, -0.15) is 0 Å². The van der Waals surface area contributed by atoms with Crippen molar-refractivity contribution in [3.05, 3.63) is 35.1 Å². The number of amides is 1. The number of carbonyl (C=O) groups is 1. The number of halogens is 1. The minimum Gasteiger partial charge on any atom is -0.389 e. The highest BCUT2D eigenvalue weighted by Crippen LogP contribution is 2.13. The molecule has 0 fully saturated rings. The van der Waals surface area contributed by atoms with E-state index in [1.165, 1.54) is 12.1 Å². The summed E-state index contributed by atoms with van der Waals surface area (Å²) >= 11 is 0. The van der Waals surface area contributed by atoms with Crippen LogP contribution in [0.3, 0.4) is 0 Å². The molecule has 0 bridgehead atoms. The van der Waals surface area contributed by atoms with Crippen LogP contribution in [0.4, 0.5) is 4.39 Å². The molecular formula is C13H19FN2O2. The van der Waals surface area contributed by atoms with Gasteiger partial charge in [0, 0.05) is 24.2 Å². The normalized spacial score (nSPS) is 11.9. The molecule has 0 saturated heterocycles. The van der Waals surface area contributed by atoms with Crippen LogP contribution in [0.2, 0.25) is 0 Å². The van der Waals surface area contributed by atoms with Crippen LogP contribution in [0.1, 0.15) is 29.8 Å². The third-order valence-corrected chi connectivity index (χ3v) is 2.43. The Kier molecular flexibility index (Phi) is 4.43. The van der Waals surface area contributed by atoms with Crippen LogP contribution in [0, 0.1) is 5.82 Å². The molecule has 1 rings (SSSR count). The number of hydrogen-bond donors (Lipinski definition) is 2. The molecule has 1 aromatic rings. The fourth-order valence-corrected chi connectivity index (χ4v) is 1.84. The van der Waals surface area contributed by atoms with Gasteiger partial charge in [0.25, 0.3) is 0 Å². The molecule has 0 heterocycles. The second-order valence-electron chi connectivity index (χ2n) is 5.16. The molecule has 1 aromatic carbocycles. The Bertz CT molecular complexity index is 441. The summed E-state index contributed by atoms with van der Waals surface area (Å²) < 4.78 is 13.7. The molecule has 1 amide bonds. The number of hydrogen-bond acceptors (Lipinski definition) is 3. The van der Waals surface area contributed by atoms with Crippen LogP contribution in [-0.2, 0) is 6.54 Å². The highest BCUT2D eigenvalue weighted by atomic mass is 19.1. The van der Waals surface area contributed by atoms with Gasteiger partial charge in [-0.3, -0.25) is 9.69 Å². The van der Waals surface area contributed by atoms with Gasteiger partial charge in [-0.15, -0.1) is 0 Å². The number of carbonyl (C=O) groups excluding carboxylic acids is 1. The molecular weight excluding hydrogens is 235 g/mol. The van der Waals surface area contributed by atoms with Crippen LogP contribution in [0.15, 0.2) is 18.2 Å². The van der Waals surface area contributed by atoms with Gasteiger partial charge in [-0.05, 0) is 33.0 Å². The Morgan fingerprint density at radius 1 is 1.50 bits per heavy atom. The molecule has 0 saturated carbocycles. The first-order valence-corrected chi connectivity index (χ1v) is 5.68. The van der Waals surface area contributed by atoms with Crippen molar-refractivity contribution < 1.29 is 14.3 Å². The third-order valence-electron chi connectivity index (χ3n) is 2.43. The zero-order chi connectivity index (χ0) is 13.9. The summed E-state index contributed by atoms with van der Waals surface area (Å²) in [5.41, 5.74) is 4.85. The number of rotatable bonds is 5. The van der Waals surface area contributed by atoms with Crippen molar-refractivity contribution in [2.75, 3.05) is 13.6 Å². The first-order valence-electron chi connectivity index (χ1n) is 5.68. The molecule has 100 valence electrons. The Balaban J connectivity index is 2.77. The zero-order valence-electron chi connectivity index (χ0n) is 10.9. The Morgan fingerprint density at radius 2 is 2.11 bits per heavy atom. The second-order valence-corrected chi connectivity index (χ2v) is 5.16. The van der Waals surface area contributed by atoms with E-state index in [0.29, 0.717) is 18.7 Å². The van der Waals surface area contributed by atoms with Crippen molar-refractivity contribution in [2.45, 2.75) is 26.0 Å². The molecule has 0 unspecified atom stereocenters. The maximum atomic E-state index is 13.7. The average molecular weight is 254 g/mol. The third kappa shape index (κ3) is 4.43. The van der Waals surface area contributed by atoms with Gasteiger partial charge in [0.15, 0.2) is 0 Å². The molecule has 0 radical (unpaired) electrons. The second kappa shape index (κ2) is 5.46. The minimum atomic E-state index is -0.835. The van der Waals surface area contributed by atoms with Gasteiger partial charge in [-0.1, -0.05) is 6.07 Å². The Morgan fingerprint density at radius 3 is 2.56 bits per heavy atom. The summed E-state index contributed by atoms with van der Waals surface area (Å²) in [6.45, 7) is 4.16. The van der Waals surface area contributed by atoms with Gasteiger partial charge in [0.1, 0.15) is 5.82 Å². The summed E-state index contributed by atoms with van der Waals surface area (Å²) in [6, 6.07) is 4.17. The molecule has 3 N–H and O–H groups in total. The van der Waals surface area contributed by atoms with E-state index in [4.69, 9.17) is 5.73 Å². The number of primary amides is 1. The lowest BCUT2D eigenvalue weighted by molar-refractivity contribution is 0.0422. The number of nitrogens with two attached hydrogens (primary N) is 1. The summed E-state index contributed by atoms with van der Waals surface area (Å²) in [7, 11) is 1.79. The highest BCUT2D eigenvalue weighted by molar-refractivity contribution is 5.92. The van der Waals surface area contributed by atoms with Gasteiger partial charge in [0.05, 0.1) is 5.60 Å². The van der Waals surface area contributed by atoms with Crippen molar-refractivity contribution >= 4 is 5.91 Å². The van der Waals surface area contributed by atoms with E-state index in [0.717, 1.165) is 6.07 Å². The lowest BCUT2D eigenvalue weighted by atomic mass is 10.1. The maximum Gasteiger partial charge on any atom is 0.248 e. The molecule has 0 aliphatic carbocycles. The van der Waals surface area contributed by atoms with E-state index in [2.05, 4.69) is 0 Å². The van der Waals surface area contributed by atoms with E-state index in [1.807, 2.05) is 4.90 Å².